The molecule has 0 saturated heterocycles. The summed E-state index contributed by atoms with van der Waals surface area (Å²) < 4.78 is 7.46. The topological polar surface area (TPSA) is 51.5 Å². The van der Waals surface area contributed by atoms with Gasteiger partial charge in [0.25, 0.3) is 0 Å². The lowest BCUT2D eigenvalue weighted by Crippen LogP contribution is -2.03. The van der Waals surface area contributed by atoms with Crippen LogP contribution in [-0.2, 0) is 6.54 Å². The van der Waals surface area contributed by atoms with Gasteiger partial charge in [0.05, 0.1) is 7.11 Å². The summed E-state index contributed by atoms with van der Waals surface area (Å²) in [5.74, 6) is 2.27. The van der Waals surface area contributed by atoms with Crippen LogP contribution in [0.3, 0.4) is 0 Å². The van der Waals surface area contributed by atoms with Crippen molar-refractivity contribution in [2.24, 2.45) is 0 Å². The van der Waals surface area contributed by atoms with Crippen LogP contribution >= 0.6 is 11.6 Å². The number of ether oxygens (including phenoxy) is 1. The van der Waals surface area contributed by atoms with Crippen LogP contribution in [0.15, 0.2) is 67.0 Å². The molecule has 2 aromatic carbocycles. The third-order valence-electron chi connectivity index (χ3n) is 4.14. The predicted octanol–water partition coefficient (Wildman–Crippen LogP) is 4.67. The van der Waals surface area contributed by atoms with Gasteiger partial charge in [0.1, 0.15) is 17.3 Å². The zero-order valence-electron chi connectivity index (χ0n) is 14.2. The predicted molar refractivity (Wildman–Crippen MR) is 104 cm³/mol. The largest absolute Gasteiger partial charge is 0.496 e. The lowest BCUT2D eigenvalue weighted by molar-refractivity contribution is 0.416. The van der Waals surface area contributed by atoms with Crippen molar-refractivity contribution in [1.29, 1.82) is 0 Å². The Morgan fingerprint density at radius 3 is 2.69 bits per heavy atom. The number of hydrogen-bond acceptors (Lipinski definition) is 4. The fraction of sp³-hybridized carbons (Fsp3) is 0.100. The molecule has 0 bridgehead atoms. The second-order valence-electron chi connectivity index (χ2n) is 5.78. The number of hydrogen-bond donors (Lipinski definition) is 1. The molecule has 4 rings (SSSR count). The first-order valence-electron chi connectivity index (χ1n) is 8.21. The lowest BCUT2D eigenvalue weighted by Gasteiger charge is -2.11. The van der Waals surface area contributed by atoms with Crippen molar-refractivity contribution >= 4 is 23.2 Å². The zero-order valence-corrected chi connectivity index (χ0v) is 14.9. The maximum Gasteiger partial charge on any atom is 0.235 e. The van der Waals surface area contributed by atoms with Gasteiger partial charge < -0.3 is 10.1 Å². The van der Waals surface area contributed by atoms with Crippen LogP contribution in [0.25, 0.3) is 17.0 Å². The van der Waals surface area contributed by atoms with Gasteiger partial charge in [-0.15, -0.1) is 0 Å². The minimum atomic E-state index is 0.631. The van der Waals surface area contributed by atoms with E-state index in [9.17, 15) is 0 Å². The number of halogens is 1. The third-order valence-corrected chi connectivity index (χ3v) is 4.39. The number of rotatable bonds is 5. The summed E-state index contributed by atoms with van der Waals surface area (Å²) >= 11 is 5.97. The Bertz CT molecular complexity index is 1040. The van der Waals surface area contributed by atoms with Crippen LogP contribution in [0.2, 0.25) is 5.02 Å². The van der Waals surface area contributed by atoms with Crippen molar-refractivity contribution in [3.8, 4) is 17.0 Å². The minimum absolute atomic E-state index is 0.631. The van der Waals surface area contributed by atoms with E-state index in [4.69, 9.17) is 21.3 Å². The Balaban J connectivity index is 1.78. The van der Waals surface area contributed by atoms with E-state index >= 15 is 0 Å². The van der Waals surface area contributed by atoms with E-state index in [-0.39, 0.29) is 0 Å². The Hall–Kier alpha value is -3.05. The maximum atomic E-state index is 5.97. The van der Waals surface area contributed by atoms with E-state index in [0.717, 1.165) is 33.4 Å². The van der Waals surface area contributed by atoms with E-state index < -0.39 is 0 Å². The minimum Gasteiger partial charge on any atom is -0.496 e. The average molecular weight is 365 g/mol. The second kappa shape index (κ2) is 7.06. The molecule has 26 heavy (non-hydrogen) atoms. The van der Waals surface area contributed by atoms with E-state index in [1.807, 2.05) is 65.2 Å². The molecule has 0 saturated carbocycles. The Kier molecular flexibility index (Phi) is 4.46. The number of methoxy groups -OCH3 is 1. The average Bonchev–Trinajstić information content (AvgIpc) is 3.06. The van der Waals surface area contributed by atoms with Gasteiger partial charge in [-0.1, -0.05) is 35.9 Å². The highest BCUT2D eigenvalue weighted by Crippen LogP contribution is 2.34. The molecule has 0 atom stereocenters. The molecule has 4 aromatic rings. The van der Waals surface area contributed by atoms with Gasteiger partial charge in [0, 0.05) is 29.5 Å². The molecule has 0 unspecified atom stereocenters. The van der Waals surface area contributed by atoms with Crippen molar-refractivity contribution < 1.29 is 4.74 Å². The highest BCUT2D eigenvalue weighted by Gasteiger charge is 2.17. The van der Waals surface area contributed by atoms with Crippen LogP contribution in [0.5, 0.6) is 5.75 Å². The third kappa shape index (κ3) is 3.09. The van der Waals surface area contributed by atoms with E-state index in [1.54, 1.807) is 13.3 Å². The highest BCUT2D eigenvalue weighted by atomic mass is 35.5. The molecular weight excluding hydrogens is 348 g/mol. The number of benzene rings is 2. The second-order valence-corrected chi connectivity index (χ2v) is 6.22. The molecule has 130 valence electrons. The zero-order chi connectivity index (χ0) is 17.9. The van der Waals surface area contributed by atoms with Crippen molar-refractivity contribution in [1.82, 2.24) is 14.4 Å². The summed E-state index contributed by atoms with van der Waals surface area (Å²) in [6.07, 6.45) is 3.68. The number of aromatic nitrogens is 3. The summed E-state index contributed by atoms with van der Waals surface area (Å²) in [6, 6.07) is 17.5. The van der Waals surface area contributed by atoms with Gasteiger partial charge in [-0.3, -0.25) is 4.40 Å². The molecule has 0 amide bonds. The molecule has 5 nitrogen and oxygen atoms in total. The molecule has 0 aliphatic heterocycles. The molecule has 0 aliphatic rings. The normalized spacial score (nSPS) is 10.8. The maximum absolute atomic E-state index is 5.97. The lowest BCUT2D eigenvalue weighted by atomic mass is 10.1. The number of fused-ring (bicyclic) bond motifs is 1. The number of imidazole rings is 1. The molecule has 0 radical (unpaired) electrons. The van der Waals surface area contributed by atoms with Crippen molar-refractivity contribution in [3.63, 3.8) is 0 Å². The van der Waals surface area contributed by atoms with E-state index in [1.165, 1.54) is 0 Å². The van der Waals surface area contributed by atoms with Gasteiger partial charge in [0.15, 0.2) is 0 Å². The summed E-state index contributed by atoms with van der Waals surface area (Å²) in [7, 11) is 1.66. The summed E-state index contributed by atoms with van der Waals surface area (Å²) in [5, 5.41) is 4.21. The standard InChI is InChI=1S/C20H17ClN4O/c1-26-17-6-3-2-5-16(17)18-19(25-12-4-11-22-20(25)24-18)23-13-14-7-9-15(21)10-8-14/h2-12,23H,13H2,1H3. The molecule has 0 aliphatic carbocycles. The molecular formula is C20H17ClN4O. The van der Waals surface area contributed by atoms with Crippen molar-refractivity contribution in [3.05, 3.63) is 77.6 Å². The monoisotopic (exact) mass is 364 g/mol. The quantitative estimate of drug-likeness (QED) is 0.559. The van der Waals surface area contributed by atoms with Gasteiger partial charge >= 0.3 is 0 Å². The van der Waals surface area contributed by atoms with Gasteiger partial charge in [-0.25, -0.2) is 9.97 Å². The van der Waals surface area contributed by atoms with Gasteiger partial charge in [-0.2, -0.15) is 0 Å². The number of nitrogens with zero attached hydrogens (tertiary/aromatic N) is 3. The molecule has 0 fully saturated rings. The number of para-hydroxylation sites is 1. The SMILES string of the molecule is COc1ccccc1-c1nc2ncccn2c1NCc1ccc(Cl)cc1. The fourth-order valence-electron chi connectivity index (χ4n) is 2.87. The highest BCUT2D eigenvalue weighted by molar-refractivity contribution is 6.30. The fourth-order valence-corrected chi connectivity index (χ4v) is 3.00. The van der Waals surface area contributed by atoms with Gasteiger partial charge in [0.2, 0.25) is 5.78 Å². The van der Waals surface area contributed by atoms with Crippen LogP contribution in [0, 0.1) is 0 Å². The first-order valence-corrected chi connectivity index (χ1v) is 8.59. The molecule has 2 aromatic heterocycles. The first-order chi connectivity index (χ1) is 12.8. The van der Waals surface area contributed by atoms with Crippen LogP contribution in [0.1, 0.15) is 5.56 Å². The Morgan fingerprint density at radius 1 is 1.08 bits per heavy atom. The summed E-state index contributed by atoms with van der Waals surface area (Å²) in [4.78, 5) is 9.07. The van der Waals surface area contributed by atoms with Crippen LogP contribution in [-0.4, -0.2) is 21.5 Å². The van der Waals surface area contributed by atoms with Crippen LogP contribution in [0.4, 0.5) is 5.82 Å². The summed E-state index contributed by atoms with van der Waals surface area (Å²) in [5.41, 5.74) is 2.84. The van der Waals surface area contributed by atoms with Crippen molar-refractivity contribution in [2.75, 3.05) is 12.4 Å². The Labute approximate surface area is 156 Å². The molecule has 0 spiro atoms. The molecule has 2 heterocycles. The first kappa shape index (κ1) is 16.4. The smallest absolute Gasteiger partial charge is 0.235 e. The van der Waals surface area contributed by atoms with Crippen LogP contribution < -0.4 is 10.1 Å². The Morgan fingerprint density at radius 2 is 1.88 bits per heavy atom. The van der Waals surface area contributed by atoms with Gasteiger partial charge in [-0.05, 0) is 35.9 Å². The van der Waals surface area contributed by atoms with E-state index in [2.05, 4.69) is 10.3 Å². The molecule has 6 heteroatoms. The van der Waals surface area contributed by atoms with Crippen molar-refractivity contribution in [2.45, 2.75) is 6.54 Å². The summed E-state index contributed by atoms with van der Waals surface area (Å²) in [6.45, 7) is 0.641. The number of nitrogens with one attached hydrogen (secondary N) is 1. The number of anilines is 1. The molecule has 1 N–H and O–H groups in total. The van der Waals surface area contributed by atoms with E-state index in [0.29, 0.717) is 12.3 Å².